The molecule has 102 valence electrons. The summed E-state index contributed by atoms with van der Waals surface area (Å²) in [7, 11) is 0. The fraction of sp³-hybridized carbons (Fsp3) is 0.500. The molecule has 2 aromatic rings. The Labute approximate surface area is 113 Å². The van der Waals surface area contributed by atoms with E-state index in [1.807, 2.05) is 29.8 Å². The maximum Gasteiger partial charge on any atom is 0.182 e. The van der Waals surface area contributed by atoms with Crippen molar-refractivity contribution in [2.45, 2.75) is 46.1 Å². The molecule has 19 heavy (non-hydrogen) atoms. The van der Waals surface area contributed by atoms with Gasteiger partial charge in [0.2, 0.25) is 0 Å². The van der Waals surface area contributed by atoms with E-state index in [9.17, 15) is 0 Å². The number of anilines is 1. The van der Waals surface area contributed by atoms with Gasteiger partial charge in [0.25, 0.3) is 0 Å². The summed E-state index contributed by atoms with van der Waals surface area (Å²) in [6.45, 7) is 8.46. The van der Waals surface area contributed by atoms with E-state index in [-0.39, 0.29) is 5.54 Å². The molecule has 1 aromatic heterocycles. The Morgan fingerprint density at radius 2 is 1.95 bits per heavy atom. The van der Waals surface area contributed by atoms with Gasteiger partial charge >= 0.3 is 0 Å². The van der Waals surface area contributed by atoms with E-state index in [1.54, 1.807) is 0 Å². The number of hydrogen-bond acceptors (Lipinski definition) is 4. The third kappa shape index (κ3) is 2.32. The quantitative estimate of drug-likeness (QED) is 0.857. The highest BCUT2D eigenvalue weighted by Crippen LogP contribution is 2.29. The number of nitrogen functional groups attached to an aromatic ring is 1. The van der Waals surface area contributed by atoms with E-state index in [1.165, 1.54) is 0 Å². The Balaban J connectivity index is 2.52. The van der Waals surface area contributed by atoms with Crippen molar-refractivity contribution in [3.8, 4) is 11.4 Å². The van der Waals surface area contributed by atoms with E-state index in [0.717, 1.165) is 35.5 Å². The van der Waals surface area contributed by atoms with Crippen LogP contribution in [0, 0.1) is 6.92 Å². The van der Waals surface area contributed by atoms with Gasteiger partial charge in [-0.05, 0) is 48.7 Å². The van der Waals surface area contributed by atoms with E-state index >= 15 is 0 Å². The van der Waals surface area contributed by atoms with E-state index in [0.29, 0.717) is 0 Å². The first kappa shape index (κ1) is 13.5. The first-order valence-corrected chi connectivity index (χ1v) is 6.67. The summed E-state index contributed by atoms with van der Waals surface area (Å²) in [5.74, 6) is 0.776. The highest BCUT2D eigenvalue weighted by atomic mass is 15.6. The normalized spacial score (nSPS) is 11.8. The molecular weight excluding hydrogens is 238 g/mol. The van der Waals surface area contributed by atoms with Crippen LogP contribution in [-0.2, 0) is 5.54 Å². The largest absolute Gasteiger partial charge is 0.398 e. The van der Waals surface area contributed by atoms with Crippen LogP contribution in [0.5, 0.6) is 0 Å². The van der Waals surface area contributed by atoms with Gasteiger partial charge in [-0.3, -0.25) is 0 Å². The maximum atomic E-state index is 5.97. The molecule has 0 aliphatic heterocycles. The lowest BCUT2D eigenvalue weighted by atomic mass is 9.95. The third-order valence-corrected chi connectivity index (χ3v) is 4.04. The standard InChI is InChI=1S/C14H21N5/c1-5-14(4,6-2)19-13(16-17-18-19)11-8-7-10(3)12(15)9-11/h7-9H,5-6,15H2,1-4H3. The van der Waals surface area contributed by atoms with Crippen LogP contribution in [0.25, 0.3) is 11.4 Å². The van der Waals surface area contributed by atoms with E-state index < -0.39 is 0 Å². The molecule has 0 atom stereocenters. The van der Waals surface area contributed by atoms with E-state index in [4.69, 9.17) is 5.73 Å². The third-order valence-electron chi connectivity index (χ3n) is 4.04. The minimum absolute atomic E-state index is 0.0710. The smallest absolute Gasteiger partial charge is 0.182 e. The molecule has 5 nitrogen and oxygen atoms in total. The average molecular weight is 259 g/mol. The maximum absolute atomic E-state index is 5.97. The van der Waals surface area contributed by atoms with E-state index in [2.05, 4.69) is 36.3 Å². The van der Waals surface area contributed by atoms with Crippen LogP contribution in [-0.4, -0.2) is 20.2 Å². The number of hydrogen-bond donors (Lipinski definition) is 1. The van der Waals surface area contributed by atoms with Crippen LogP contribution < -0.4 is 5.73 Å². The highest BCUT2D eigenvalue weighted by molar-refractivity contribution is 5.63. The van der Waals surface area contributed by atoms with Gasteiger partial charge in [-0.2, -0.15) is 0 Å². The molecule has 0 saturated carbocycles. The van der Waals surface area contributed by atoms with Crippen LogP contribution >= 0.6 is 0 Å². The fourth-order valence-corrected chi connectivity index (χ4v) is 2.06. The van der Waals surface area contributed by atoms with Gasteiger partial charge < -0.3 is 5.73 Å². The molecule has 1 aromatic carbocycles. The number of rotatable bonds is 4. The Kier molecular flexibility index (Phi) is 3.55. The Bertz CT molecular complexity index is 569. The van der Waals surface area contributed by atoms with Crippen molar-refractivity contribution in [1.82, 2.24) is 20.2 Å². The minimum Gasteiger partial charge on any atom is -0.398 e. The van der Waals surface area contributed by atoms with Crippen LogP contribution in [0.4, 0.5) is 5.69 Å². The van der Waals surface area contributed by atoms with Gasteiger partial charge in [0.1, 0.15) is 0 Å². The number of nitrogens with two attached hydrogens (primary N) is 1. The average Bonchev–Trinajstić information content (AvgIpc) is 2.91. The molecular formula is C14H21N5. The number of benzene rings is 1. The summed E-state index contributed by atoms with van der Waals surface area (Å²) in [4.78, 5) is 0. The molecule has 0 saturated heterocycles. The van der Waals surface area contributed by atoms with Crippen molar-refractivity contribution in [2.75, 3.05) is 5.73 Å². The predicted molar refractivity (Wildman–Crippen MR) is 76.6 cm³/mol. The zero-order valence-electron chi connectivity index (χ0n) is 12.0. The van der Waals surface area contributed by atoms with Crippen LogP contribution in [0.2, 0.25) is 0 Å². The van der Waals surface area contributed by atoms with Crippen LogP contribution in [0.3, 0.4) is 0 Å². The Hall–Kier alpha value is -1.91. The molecule has 2 N–H and O–H groups in total. The van der Waals surface area contributed by atoms with Crippen molar-refractivity contribution < 1.29 is 0 Å². The lowest BCUT2D eigenvalue weighted by molar-refractivity contribution is 0.262. The Morgan fingerprint density at radius 1 is 1.26 bits per heavy atom. The molecule has 1 heterocycles. The van der Waals surface area contributed by atoms with Gasteiger partial charge in [0.15, 0.2) is 5.82 Å². The van der Waals surface area contributed by atoms with Gasteiger partial charge in [0.05, 0.1) is 5.54 Å². The van der Waals surface area contributed by atoms with Gasteiger partial charge in [-0.1, -0.05) is 26.0 Å². The van der Waals surface area contributed by atoms with Gasteiger partial charge in [0, 0.05) is 11.3 Å². The summed E-state index contributed by atoms with van der Waals surface area (Å²) in [6, 6.07) is 5.95. The first-order valence-electron chi connectivity index (χ1n) is 6.67. The first-order chi connectivity index (χ1) is 9.01. The summed E-state index contributed by atoms with van der Waals surface area (Å²) >= 11 is 0. The summed E-state index contributed by atoms with van der Waals surface area (Å²) in [5, 5.41) is 12.2. The van der Waals surface area contributed by atoms with Crippen LogP contribution in [0.1, 0.15) is 39.2 Å². The number of aromatic nitrogens is 4. The van der Waals surface area contributed by atoms with Gasteiger partial charge in [-0.25, -0.2) is 4.68 Å². The fourth-order valence-electron chi connectivity index (χ4n) is 2.06. The highest BCUT2D eigenvalue weighted by Gasteiger charge is 2.27. The molecule has 0 fully saturated rings. The van der Waals surface area contributed by atoms with Crippen molar-refractivity contribution in [2.24, 2.45) is 0 Å². The Morgan fingerprint density at radius 3 is 2.53 bits per heavy atom. The van der Waals surface area contributed by atoms with Crippen molar-refractivity contribution in [1.29, 1.82) is 0 Å². The van der Waals surface area contributed by atoms with Crippen molar-refractivity contribution >= 4 is 5.69 Å². The SMILES string of the molecule is CCC(C)(CC)n1nnnc1-c1ccc(C)c(N)c1. The lowest BCUT2D eigenvalue weighted by Gasteiger charge is -2.27. The molecule has 0 spiro atoms. The molecule has 5 heteroatoms. The molecule has 0 unspecified atom stereocenters. The molecule has 0 aliphatic rings. The molecule has 2 rings (SSSR count). The topological polar surface area (TPSA) is 69.6 Å². The molecule has 0 radical (unpaired) electrons. The second kappa shape index (κ2) is 4.99. The summed E-state index contributed by atoms with van der Waals surface area (Å²) in [6.07, 6.45) is 1.95. The second-order valence-electron chi connectivity index (χ2n) is 5.19. The lowest BCUT2D eigenvalue weighted by Crippen LogP contribution is -2.30. The molecule has 0 amide bonds. The van der Waals surface area contributed by atoms with Gasteiger partial charge in [-0.15, -0.1) is 5.10 Å². The van der Waals surface area contributed by atoms with Crippen molar-refractivity contribution in [3.63, 3.8) is 0 Å². The molecule has 0 aliphatic carbocycles. The summed E-state index contributed by atoms with van der Waals surface area (Å²) < 4.78 is 1.91. The number of aryl methyl sites for hydroxylation is 1. The number of tetrazole rings is 1. The zero-order chi connectivity index (χ0) is 14.0. The zero-order valence-corrected chi connectivity index (χ0v) is 12.0. The predicted octanol–water partition coefficient (Wildman–Crippen LogP) is 2.77. The molecule has 0 bridgehead atoms. The van der Waals surface area contributed by atoms with Crippen LogP contribution in [0.15, 0.2) is 18.2 Å². The number of nitrogens with zero attached hydrogens (tertiary/aromatic N) is 4. The van der Waals surface area contributed by atoms with Crippen molar-refractivity contribution in [3.05, 3.63) is 23.8 Å². The minimum atomic E-state index is -0.0710. The second-order valence-corrected chi connectivity index (χ2v) is 5.19. The summed E-state index contributed by atoms with van der Waals surface area (Å²) in [5.41, 5.74) is 8.69. The monoisotopic (exact) mass is 259 g/mol.